The number of thiophene rings is 1. The lowest BCUT2D eigenvalue weighted by atomic mass is 10.0. The maximum Gasteiger partial charge on any atom is 0.0640 e. The number of rotatable bonds is 5. The van der Waals surface area contributed by atoms with Crippen LogP contribution in [0.4, 0.5) is 17.1 Å². The third-order valence-corrected chi connectivity index (χ3v) is 11.1. The van der Waals surface area contributed by atoms with Gasteiger partial charge >= 0.3 is 0 Å². The first-order valence-corrected chi connectivity index (χ1v) is 17.5. The summed E-state index contributed by atoms with van der Waals surface area (Å²) < 4.78 is 5.00. The number of benzene rings is 8. The fourth-order valence-electron chi connectivity index (χ4n) is 7.50. The van der Waals surface area contributed by atoms with Gasteiger partial charge in [-0.1, -0.05) is 127 Å². The highest BCUT2D eigenvalue weighted by Crippen LogP contribution is 2.46. The van der Waals surface area contributed by atoms with Gasteiger partial charge in [-0.3, -0.25) is 0 Å². The Morgan fingerprint density at radius 3 is 1.63 bits per heavy atom. The van der Waals surface area contributed by atoms with E-state index in [4.69, 9.17) is 0 Å². The second-order valence-corrected chi connectivity index (χ2v) is 13.6. The van der Waals surface area contributed by atoms with Crippen LogP contribution in [0.1, 0.15) is 0 Å². The van der Waals surface area contributed by atoms with Gasteiger partial charge in [-0.15, -0.1) is 11.3 Å². The molecule has 10 rings (SSSR count). The van der Waals surface area contributed by atoms with E-state index in [-0.39, 0.29) is 0 Å². The minimum absolute atomic E-state index is 1.12. The Bertz CT molecular complexity index is 2750. The summed E-state index contributed by atoms with van der Waals surface area (Å²) in [5, 5.41) is 7.72. The molecule has 3 heteroatoms. The standard InChI is InChI=1S/C46H30N2S/c1-2-11-31(12-3-1)32-21-24-34(25-22-32)47(44-20-10-17-40-41-30-23-33-13-4-5-14-37(33)45(41)49-46(40)44)35-26-28-36(29-27-35)48-42-18-8-6-15-38(42)39-16-7-9-19-43(39)48/h1-30H. The predicted octanol–water partition coefficient (Wildman–Crippen LogP) is 13.4. The minimum Gasteiger partial charge on any atom is -0.309 e. The molecule has 2 aromatic heterocycles. The molecule has 2 heterocycles. The largest absolute Gasteiger partial charge is 0.309 e. The zero-order valence-corrected chi connectivity index (χ0v) is 27.4. The molecule has 0 radical (unpaired) electrons. The van der Waals surface area contributed by atoms with Gasteiger partial charge in [-0.2, -0.15) is 0 Å². The van der Waals surface area contributed by atoms with Crippen LogP contribution < -0.4 is 4.90 Å². The van der Waals surface area contributed by atoms with Crippen LogP contribution in [0.2, 0.25) is 0 Å². The molecule has 0 saturated carbocycles. The zero-order chi connectivity index (χ0) is 32.3. The topological polar surface area (TPSA) is 8.17 Å². The highest BCUT2D eigenvalue weighted by Gasteiger charge is 2.20. The van der Waals surface area contributed by atoms with Crippen LogP contribution >= 0.6 is 11.3 Å². The second-order valence-electron chi connectivity index (χ2n) is 12.6. The zero-order valence-electron chi connectivity index (χ0n) is 26.6. The van der Waals surface area contributed by atoms with Crippen molar-refractivity contribution >= 4 is 81.1 Å². The Morgan fingerprint density at radius 1 is 0.367 bits per heavy atom. The fourth-order valence-corrected chi connectivity index (χ4v) is 8.84. The van der Waals surface area contributed by atoms with Crippen molar-refractivity contribution in [2.24, 2.45) is 0 Å². The van der Waals surface area contributed by atoms with Crippen molar-refractivity contribution in [1.82, 2.24) is 4.57 Å². The Balaban J connectivity index is 1.17. The van der Waals surface area contributed by atoms with Crippen molar-refractivity contribution in [3.05, 3.63) is 182 Å². The van der Waals surface area contributed by atoms with Gasteiger partial charge in [0, 0.05) is 43.3 Å². The number of nitrogens with zero attached hydrogens (tertiary/aromatic N) is 2. The Morgan fingerprint density at radius 2 is 0.918 bits per heavy atom. The summed E-state index contributed by atoms with van der Waals surface area (Å²) >= 11 is 1.89. The first-order chi connectivity index (χ1) is 24.3. The van der Waals surface area contributed by atoms with Crippen molar-refractivity contribution in [3.63, 3.8) is 0 Å². The van der Waals surface area contributed by atoms with E-state index in [1.165, 1.54) is 69.6 Å². The van der Waals surface area contributed by atoms with E-state index in [0.29, 0.717) is 0 Å². The quantitative estimate of drug-likeness (QED) is 0.181. The first-order valence-electron chi connectivity index (χ1n) is 16.7. The van der Waals surface area contributed by atoms with Crippen molar-refractivity contribution in [2.45, 2.75) is 0 Å². The molecule has 49 heavy (non-hydrogen) atoms. The Labute approximate surface area is 288 Å². The third kappa shape index (κ3) is 4.47. The molecule has 0 aliphatic rings. The molecule has 10 aromatic rings. The summed E-state index contributed by atoms with van der Waals surface area (Å²) in [6, 6.07) is 66.0. The van der Waals surface area contributed by atoms with Gasteiger partial charge in [0.2, 0.25) is 0 Å². The minimum atomic E-state index is 1.12. The molecule has 0 unspecified atom stereocenters. The summed E-state index contributed by atoms with van der Waals surface area (Å²) in [6.45, 7) is 0. The number of hydrogen-bond donors (Lipinski definition) is 0. The highest BCUT2D eigenvalue weighted by molar-refractivity contribution is 7.27. The van der Waals surface area contributed by atoms with E-state index in [2.05, 4.69) is 191 Å². The predicted molar refractivity (Wildman–Crippen MR) is 211 cm³/mol. The number of hydrogen-bond acceptors (Lipinski definition) is 2. The van der Waals surface area contributed by atoms with Crippen LogP contribution in [-0.4, -0.2) is 4.57 Å². The molecular weight excluding hydrogens is 613 g/mol. The molecule has 0 bridgehead atoms. The maximum absolute atomic E-state index is 2.42. The molecular formula is C46H30N2S. The van der Waals surface area contributed by atoms with E-state index in [1.807, 2.05) is 11.3 Å². The lowest BCUT2D eigenvalue weighted by Crippen LogP contribution is -2.10. The first kappa shape index (κ1) is 27.9. The Hall–Kier alpha value is -6.16. The number of para-hydroxylation sites is 2. The lowest BCUT2D eigenvalue weighted by Gasteiger charge is -2.26. The van der Waals surface area contributed by atoms with Crippen molar-refractivity contribution in [2.75, 3.05) is 4.90 Å². The van der Waals surface area contributed by atoms with Gasteiger partial charge in [0.1, 0.15) is 0 Å². The van der Waals surface area contributed by atoms with Crippen LogP contribution in [0.25, 0.3) is 69.6 Å². The summed E-state index contributed by atoms with van der Waals surface area (Å²) in [5.74, 6) is 0. The van der Waals surface area contributed by atoms with Crippen molar-refractivity contribution < 1.29 is 0 Å². The molecule has 0 aliphatic carbocycles. The monoisotopic (exact) mass is 642 g/mol. The van der Waals surface area contributed by atoms with E-state index in [0.717, 1.165) is 17.1 Å². The van der Waals surface area contributed by atoms with E-state index in [1.54, 1.807) is 0 Å². The summed E-state index contributed by atoms with van der Waals surface area (Å²) in [5.41, 5.74) is 9.42. The molecule has 230 valence electrons. The molecule has 8 aromatic carbocycles. The normalized spacial score (nSPS) is 11.7. The fraction of sp³-hybridized carbons (Fsp3) is 0. The number of anilines is 3. The SMILES string of the molecule is c1ccc(-c2ccc(N(c3ccc(-n4c5ccccc5c5ccccc54)cc3)c3cccc4c3sc3c5ccccc5ccc43)cc2)cc1. The molecule has 2 nitrogen and oxygen atoms in total. The van der Waals surface area contributed by atoms with E-state index >= 15 is 0 Å². The van der Waals surface area contributed by atoms with Gasteiger partial charge in [0.05, 0.1) is 21.4 Å². The van der Waals surface area contributed by atoms with E-state index < -0.39 is 0 Å². The van der Waals surface area contributed by atoms with Crippen molar-refractivity contribution in [1.29, 1.82) is 0 Å². The molecule has 0 N–H and O–H groups in total. The van der Waals surface area contributed by atoms with Crippen LogP contribution in [-0.2, 0) is 0 Å². The van der Waals surface area contributed by atoms with Crippen molar-refractivity contribution in [3.8, 4) is 16.8 Å². The summed E-state index contributed by atoms with van der Waals surface area (Å²) in [4.78, 5) is 2.42. The van der Waals surface area contributed by atoms with Crippen LogP contribution in [0.5, 0.6) is 0 Å². The molecule has 0 fully saturated rings. The second kappa shape index (κ2) is 11.2. The average Bonchev–Trinajstić information content (AvgIpc) is 3.73. The van der Waals surface area contributed by atoms with Crippen LogP contribution in [0, 0.1) is 0 Å². The number of fused-ring (bicyclic) bond motifs is 8. The van der Waals surface area contributed by atoms with Crippen LogP contribution in [0.15, 0.2) is 182 Å². The maximum atomic E-state index is 2.42. The summed E-state index contributed by atoms with van der Waals surface area (Å²) in [7, 11) is 0. The van der Waals surface area contributed by atoms with Crippen LogP contribution in [0.3, 0.4) is 0 Å². The molecule has 0 saturated heterocycles. The van der Waals surface area contributed by atoms with Gasteiger partial charge in [-0.05, 0) is 76.5 Å². The molecule has 0 amide bonds. The van der Waals surface area contributed by atoms with Gasteiger partial charge in [-0.25, -0.2) is 0 Å². The molecule has 0 atom stereocenters. The molecule has 0 aliphatic heterocycles. The third-order valence-electron chi connectivity index (χ3n) is 9.79. The van der Waals surface area contributed by atoms with Gasteiger partial charge in [0.25, 0.3) is 0 Å². The Kier molecular flexibility index (Phi) is 6.39. The lowest BCUT2D eigenvalue weighted by molar-refractivity contribution is 1.17. The number of aromatic nitrogens is 1. The molecule has 0 spiro atoms. The smallest absolute Gasteiger partial charge is 0.0640 e. The van der Waals surface area contributed by atoms with E-state index in [9.17, 15) is 0 Å². The highest BCUT2D eigenvalue weighted by atomic mass is 32.1. The van der Waals surface area contributed by atoms with Gasteiger partial charge < -0.3 is 9.47 Å². The average molecular weight is 643 g/mol. The summed E-state index contributed by atoms with van der Waals surface area (Å²) in [6.07, 6.45) is 0. The van der Waals surface area contributed by atoms with Gasteiger partial charge in [0.15, 0.2) is 0 Å².